The van der Waals surface area contributed by atoms with Gasteiger partial charge in [0.1, 0.15) is 18.0 Å². The number of hydrogen-bond donors (Lipinski definition) is 2. The van der Waals surface area contributed by atoms with Gasteiger partial charge in [0.25, 0.3) is 11.8 Å². The van der Waals surface area contributed by atoms with Gasteiger partial charge in [-0.1, -0.05) is 24.3 Å². The summed E-state index contributed by atoms with van der Waals surface area (Å²) in [6, 6.07) is 19.5. The summed E-state index contributed by atoms with van der Waals surface area (Å²) in [4.78, 5) is 35.8. The Morgan fingerprint density at radius 1 is 0.862 bits per heavy atom. The van der Waals surface area contributed by atoms with Gasteiger partial charge in [0.05, 0.1) is 4.88 Å². The Bertz CT molecular complexity index is 957. The first-order chi connectivity index (χ1) is 14.1. The van der Waals surface area contributed by atoms with Crippen LogP contribution in [0.4, 0.5) is 5.69 Å². The van der Waals surface area contributed by atoms with Crippen molar-refractivity contribution in [2.75, 3.05) is 18.5 Å². The van der Waals surface area contributed by atoms with E-state index in [0.29, 0.717) is 22.1 Å². The van der Waals surface area contributed by atoms with Gasteiger partial charge in [0.15, 0.2) is 6.61 Å². The lowest BCUT2D eigenvalue weighted by molar-refractivity contribution is -0.146. The lowest BCUT2D eigenvalue weighted by Gasteiger charge is -2.09. The van der Waals surface area contributed by atoms with E-state index in [1.807, 2.05) is 30.3 Å². The highest BCUT2D eigenvalue weighted by Gasteiger charge is 2.11. The average molecular weight is 410 g/mol. The van der Waals surface area contributed by atoms with Gasteiger partial charge in [-0.2, -0.15) is 0 Å². The third-order valence-corrected chi connectivity index (χ3v) is 4.49. The van der Waals surface area contributed by atoms with Gasteiger partial charge < -0.3 is 20.1 Å². The van der Waals surface area contributed by atoms with E-state index in [1.54, 1.807) is 41.8 Å². The second-order valence-corrected chi connectivity index (χ2v) is 6.76. The molecular weight excluding hydrogens is 392 g/mol. The molecule has 0 saturated heterocycles. The SMILES string of the molecule is O=C(COC(=O)CNC(=O)c1cccs1)Nc1ccc(Oc2ccccc2)cc1. The van der Waals surface area contributed by atoms with Crippen LogP contribution in [0.5, 0.6) is 11.5 Å². The monoisotopic (exact) mass is 410 g/mol. The average Bonchev–Trinajstić information content (AvgIpc) is 3.28. The molecule has 3 aromatic rings. The Morgan fingerprint density at radius 3 is 2.28 bits per heavy atom. The van der Waals surface area contributed by atoms with Crippen LogP contribution in [0, 0.1) is 0 Å². The van der Waals surface area contributed by atoms with E-state index in [-0.39, 0.29) is 12.5 Å². The minimum Gasteiger partial charge on any atom is -0.457 e. The van der Waals surface area contributed by atoms with Crippen LogP contribution in [-0.4, -0.2) is 30.9 Å². The highest BCUT2D eigenvalue weighted by Crippen LogP contribution is 2.22. The first kappa shape index (κ1) is 20.1. The molecule has 148 valence electrons. The standard InChI is InChI=1S/C21H18N2O5S/c24-19(14-27-20(25)13-22-21(26)18-7-4-12-29-18)23-15-8-10-17(11-9-15)28-16-5-2-1-3-6-16/h1-12H,13-14H2,(H,22,26)(H,23,24). The maximum Gasteiger partial charge on any atom is 0.325 e. The van der Waals surface area contributed by atoms with Crippen molar-refractivity contribution >= 4 is 34.8 Å². The summed E-state index contributed by atoms with van der Waals surface area (Å²) in [5.41, 5.74) is 0.539. The molecule has 1 aromatic heterocycles. The quantitative estimate of drug-likeness (QED) is 0.555. The minimum absolute atomic E-state index is 0.310. The van der Waals surface area contributed by atoms with Crippen LogP contribution in [0.3, 0.4) is 0 Å². The molecule has 8 heteroatoms. The molecular formula is C21H18N2O5S. The second kappa shape index (κ2) is 10.0. The number of nitrogens with one attached hydrogen (secondary N) is 2. The molecule has 29 heavy (non-hydrogen) atoms. The fourth-order valence-electron chi connectivity index (χ4n) is 2.27. The molecule has 0 radical (unpaired) electrons. The predicted molar refractivity (Wildman–Crippen MR) is 109 cm³/mol. The van der Waals surface area contributed by atoms with E-state index in [4.69, 9.17) is 9.47 Å². The molecule has 3 rings (SSSR count). The number of para-hydroxylation sites is 1. The zero-order chi connectivity index (χ0) is 20.5. The normalized spacial score (nSPS) is 10.1. The number of hydrogen-bond acceptors (Lipinski definition) is 6. The maximum absolute atomic E-state index is 11.9. The molecule has 2 aromatic carbocycles. The summed E-state index contributed by atoms with van der Waals surface area (Å²) < 4.78 is 10.5. The molecule has 0 bridgehead atoms. The van der Waals surface area contributed by atoms with Crippen LogP contribution in [0.1, 0.15) is 9.67 Å². The third-order valence-electron chi connectivity index (χ3n) is 3.62. The Kier molecular flexibility index (Phi) is 6.96. The second-order valence-electron chi connectivity index (χ2n) is 5.81. The number of benzene rings is 2. The number of anilines is 1. The Labute approximate surface area is 171 Å². The zero-order valence-corrected chi connectivity index (χ0v) is 16.1. The van der Waals surface area contributed by atoms with E-state index in [9.17, 15) is 14.4 Å². The first-order valence-electron chi connectivity index (χ1n) is 8.70. The smallest absolute Gasteiger partial charge is 0.325 e. The van der Waals surface area contributed by atoms with Crippen LogP contribution < -0.4 is 15.4 Å². The van der Waals surface area contributed by atoms with Gasteiger partial charge in [-0.25, -0.2) is 0 Å². The van der Waals surface area contributed by atoms with Crippen LogP contribution >= 0.6 is 11.3 Å². The maximum atomic E-state index is 11.9. The molecule has 7 nitrogen and oxygen atoms in total. The molecule has 0 aliphatic carbocycles. The van der Waals surface area contributed by atoms with Gasteiger partial charge in [0, 0.05) is 5.69 Å². The molecule has 2 N–H and O–H groups in total. The molecule has 0 aliphatic rings. The fourth-order valence-corrected chi connectivity index (χ4v) is 2.91. The molecule has 0 spiro atoms. The van der Waals surface area contributed by atoms with Crippen LogP contribution in [0.15, 0.2) is 72.1 Å². The van der Waals surface area contributed by atoms with Crippen molar-refractivity contribution in [2.45, 2.75) is 0 Å². The van der Waals surface area contributed by atoms with Crippen LogP contribution in [-0.2, 0) is 14.3 Å². The van der Waals surface area contributed by atoms with Crippen molar-refractivity contribution < 1.29 is 23.9 Å². The fraction of sp³-hybridized carbons (Fsp3) is 0.0952. The van der Waals surface area contributed by atoms with Gasteiger partial charge in [-0.3, -0.25) is 14.4 Å². The topological polar surface area (TPSA) is 93.7 Å². The van der Waals surface area contributed by atoms with Crippen LogP contribution in [0.25, 0.3) is 0 Å². The van der Waals surface area contributed by atoms with Gasteiger partial charge >= 0.3 is 5.97 Å². The molecule has 0 atom stereocenters. The van der Waals surface area contributed by atoms with E-state index in [0.717, 1.165) is 0 Å². The summed E-state index contributed by atoms with van der Waals surface area (Å²) in [5.74, 6) is -0.208. The first-order valence-corrected chi connectivity index (χ1v) is 9.58. The van der Waals surface area contributed by atoms with Crippen molar-refractivity contribution in [3.05, 3.63) is 77.0 Å². The summed E-state index contributed by atoms with van der Waals surface area (Å²) in [5, 5.41) is 6.82. The van der Waals surface area contributed by atoms with Gasteiger partial charge in [-0.05, 0) is 47.8 Å². The summed E-state index contributed by atoms with van der Waals surface area (Å²) in [6.07, 6.45) is 0. The number of carbonyl (C=O) groups excluding carboxylic acids is 3. The van der Waals surface area contributed by atoms with E-state index < -0.39 is 18.5 Å². The van der Waals surface area contributed by atoms with Crippen molar-refractivity contribution in [1.29, 1.82) is 0 Å². The summed E-state index contributed by atoms with van der Waals surface area (Å²) >= 11 is 1.27. The van der Waals surface area contributed by atoms with Gasteiger partial charge in [0.2, 0.25) is 0 Å². The van der Waals surface area contributed by atoms with Crippen molar-refractivity contribution in [2.24, 2.45) is 0 Å². The van der Waals surface area contributed by atoms with Crippen molar-refractivity contribution in [1.82, 2.24) is 5.32 Å². The third kappa shape index (κ3) is 6.47. The lowest BCUT2D eigenvalue weighted by atomic mass is 10.3. The van der Waals surface area contributed by atoms with E-state index >= 15 is 0 Å². The molecule has 0 aliphatic heterocycles. The predicted octanol–water partition coefficient (Wildman–Crippen LogP) is 3.45. The van der Waals surface area contributed by atoms with E-state index in [2.05, 4.69) is 10.6 Å². The van der Waals surface area contributed by atoms with Crippen molar-refractivity contribution in [3.8, 4) is 11.5 Å². The largest absolute Gasteiger partial charge is 0.457 e. The molecule has 1 heterocycles. The molecule has 0 unspecified atom stereocenters. The Balaban J connectivity index is 1.38. The minimum atomic E-state index is -0.698. The number of ether oxygens (including phenoxy) is 2. The molecule has 0 fully saturated rings. The Morgan fingerprint density at radius 2 is 1.59 bits per heavy atom. The number of amides is 2. The summed E-state index contributed by atoms with van der Waals surface area (Å²) in [6.45, 7) is -0.758. The molecule has 0 saturated carbocycles. The highest BCUT2D eigenvalue weighted by atomic mass is 32.1. The van der Waals surface area contributed by atoms with E-state index in [1.165, 1.54) is 11.3 Å². The molecule has 2 amide bonds. The zero-order valence-electron chi connectivity index (χ0n) is 15.3. The number of carbonyl (C=O) groups is 3. The van der Waals surface area contributed by atoms with Crippen molar-refractivity contribution in [3.63, 3.8) is 0 Å². The lowest BCUT2D eigenvalue weighted by Crippen LogP contribution is -2.31. The number of rotatable bonds is 8. The number of thiophene rings is 1. The van der Waals surface area contributed by atoms with Gasteiger partial charge in [-0.15, -0.1) is 11.3 Å². The number of esters is 1. The Hall–Kier alpha value is -3.65. The van der Waals surface area contributed by atoms with Crippen LogP contribution in [0.2, 0.25) is 0 Å². The summed E-state index contributed by atoms with van der Waals surface area (Å²) in [7, 11) is 0. The highest BCUT2D eigenvalue weighted by molar-refractivity contribution is 7.12.